The standard InChI is InChI=1S/C20H20ClN3O3S2/c1-12(23(2)3)17-11-16-19-13(8-9-29(26,27)20(16)28-17)10-18(25)24(22-19)15-6-4-14(21)5-7-15/h4-7,10-12H,8-9H2,1-3H3. The van der Waals surface area contributed by atoms with Gasteiger partial charge in [-0.2, -0.15) is 9.78 Å². The van der Waals surface area contributed by atoms with Crippen LogP contribution in [0.4, 0.5) is 0 Å². The van der Waals surface area contributed by atoms with E-state index in [1.54, 1.807) is 24.3 Å². The van der Waals surface area contributed by atoms with Crippen LogP contribution in [0.3, 0.4) is 0 Å². The molecule has 0 spiro atoms. The van der Waals surface area contributed by atoms with E-state index in [9.17, 15) is 13.2 Å². The summed E-state index contributed by atoms with van der Waals surface area (Å²) in [5.41, 5.74) is 2.05. The summed E-state index contributed by atoms with van der Waals surface area (Å²) < 4.78 is 27.5. The first-order valence-electron chi connectivity index (χ1n) is 9.10. The smallest absolute Gasteiger partial charge is 0.271 e. The second-order valence-corrected chi connectivity index (χ2v) is 11.1. The highest BCUT2D eigenvalue weighted by Gasteiger charge is 2.31. The van der Waals surface area contributed by atoms with E-state index < -0.39 is 9.84 Å². The Balaban J connectivity index is 1.96. The van der Waals surface area contributed by atoms with Crippen molar-refractivity contribution in [1.82, 2.24) is 14.7 Å². The minimum Gasteiger partial charge on any atom is -0.302 e. The minimum absolute atomic E-state index is 0.0324. The van der Waals surface area contributed by atoms with Gasteiger partial charge >= 0.3 is 0 Å². The zero-order valence-electron chi connectivity index (χ0n) is 16.2. The minimum atomic E-state index is -3.45. The number of hydrogen-bond acceptors (Lipinski definition) is 6. The fourth-order valence-electron chi connectivity index (χ4n) is 3.26. The van der Waals surface area contributed by atoms with Crippen molar-refractivity contribution in [3.63, 3.8) is 0 Å². The van der Waals surface area contributed by atoms with Crippen LogP contribution in [0.2, 0.25) is 5.02 Å². The molecule has 0 N–H and O–H groups in total. The largest absolute Gasteiger partial charge is 0.302 e. The van der Waals surface area contributed by atoms with Crippen molar-refractivity contribution in [2.45, 2.75) is 23.6 Å². The Kier molecular flexibility index (Phi) is 5.14. The zero-order chi connectivity index (χ0) is 20.9. The zero-order valence-corrected chi connectivity index (χ0v) is 18.6. The highest BCUT2D eigenvalue weighted by molar-refractivity contribution is 7.93. The van der Waals surface area contributed by atoms with Crippen molar-refractivity contribution < 1.29 is 8.42 Å². The third kappa shape index (κ3) is 3.66. The molecule has 0 saturated heterocycles. The molecule has 4 rings (SSSR count). The fourth-order valence-corrected chi connectivity index (χ4v) is 6.64. The van der Waals surface area contributed by atoms with E-state index in [1.165, 1.54) is 22.1 Å². The van der Waals surface area contributed by atoms with E-state index >= 15 is 0 Å². The molecule has 0 radical (unpaired) electrons. The molecule has 9 heteroatoms. The maximum absolute atomic E-state index is 12.9. The molecule has 6 nitrogen and oxygen atoms in total. The number of benzene rings is 1. The summed E-state index contributed by atoms with van der Waals surface area (Å²) in [5.74, 6) is -0.0324. The molecule has 1 aliphatic rings. The average molecular weight is 450 g/mol. The molecule has 0 amide bonds. The van der Waals surface area contributed by atoms with Crippen molar-refractivity contribution in [2.75, 3.05) is 19.8 Å². The van der Waals surface area contributed by atoms with Crippen LogP contribution in [0, 0.1) is 0 Å². The number of fused-ring (bicyclic) bond motifs is 3. The molecule has 29 heavy (non-hydrogen) atoms. The first-order valence-corrected chi connectivity index (χ1v) is 11.9. The number of aromatic nitrogens is 2. The molecule has 1 aliphatic heterocycles. The summed E-state index contributed by atoms with van der Waals surface area (Å²) in [5, 5.41) is 5.15. The second kappa shape index (κ2) is 7.36. The first-order chi connectivity index (χ1) is 13.7. The second-order valence-electron chi connectivity index (χ2n) is 7.30. The first kappa shape index (κ1) is 20.3. The predicted octanol–water partition coefficient (Wildman–Crippen LogP) is 3.57. The van der Waals surface area contributed by atoms with Crippen molar-refractivity contribution in [2.24, 2.45) is 0 Å². The van der Waals surface area contributed by atoms with Gasteiger partial charge in [0, 0.05) is 27.6 Å². The quantitative estimate of drug-likeness (QED) is 0.611. The van der Waals surface area contributed by atoms with Gasteiger partial charge in [-0.15, -0.1) is 11.3 Å². The van der Waals surface area contributed by atoms with Crippen LogP contribution >= 0.6 is 22.9 Å². The molecule has 3 aromatic rings. The molecule has 152 valence electrons. The van der Waals surface area contributed by atoms with Crippen LogP contribution in [0.5, 0.6) is 0 Å². The Hall–Kier alpha value is -2.00. The van der Waals surface area contributed by atoms with Gasteiger partial charge in [0.1, 0.15) is 4.21 Å². The van der Waals surface area contributed by atoms with E-state index in [0.717, 1.165) is 4.88 Å². The molecule has 2 aromatic heterocycles. The monoisotopic (exact) mass is 449 g/mol. The lowest BCUT2D eigenvalue weighted by molar-refractivity contribution is 0.325. The van der Waals surface area contributed by atoms with Gasteiger partial charge in [0.15, 0.2) is 9.84 Å². The molecule has 1 aromatic carbocycles. The Labute approximate surface area is 178 Å². The number of nitrogens with zero attached hydrogens (tertiary/aromatic N) is 3. The normalized spacial score (nSPS) is 16.2. The summed E-state index contributed by atoms with van der Waals surface area (Å²) in [7, 11) is 0.456. The van der Waals surface area contributed by atoms with Gasteiger partial charge in [-0.1, -0.05) is 11.6 Å². The average Bonchev–Trinajstić information content (AvgIpc) is 3.09. The third-order valence-electron chi connectivity index (χ3n) is 5.16. The lowest BCUT2D eigenvalue weighted by atomic mass is 10.1. The number of halogens is 1. The van der Waals surface area contributed by atoms with Gasteiger partial charge in [0.05, 0.1) is 17.1 Å². The van der Waals surface area contributed by atoms with Crippen LogP contribution in [0.1, 0.15) is 23.4 Å². The molecular formula is C20H20ClN3O3S2. The maximum Gasteiger partial charge on any atom is 0.271 e. The highest BCUT2D eigenvalue weighted by Crippen LogP contribution is 2.41. The summed E-state index contributed by atoms with van der Waals surface area (Å²) in [6.07, 6.45) is 0.265. The van der Waals surface area contributed by atoms with Crippen LogP contribution < -0.4 is 5.56 Å². The van der Waals surface area contributed by atoms with E-state index in [0.29, 0.717) is 31.7 Å². The van der Waals surface area contributed by atoms with Gasteiger partial charge in [0.25, 0.3) is 5.56 Å². The number of sulfone groups is 1. The summed E-state index contributed by atoms with van der Waals surface area (Å²) in [6.45, 7) is 2.03. The van der Waals surface area contributed by atoms with E-state index in [2.05, 4.69) is 5.10 Å². The van der Waals surface area contributed by atoms with Crippen molar-refractivity contribution in [1.29, 1.82) is 0 Å². The van der Waals surface area contributed by atoms with Gasteiger partial charge in [-0.3, -0.25) is 4.79 Å². The fraction of sp³-hybridized carbons (Fsp3) is 0.300. The van der Waals surface area contributed by atoms with Gasteiger partial charge < -0.3 is 4.90 Å². The van der Waals surface area contributed by atoms with Gasteiger partial charge in [-0.25, -0.2) is 8.42 Å². The van der Waals surface area contributed by atoms with E-state index in [1.807, 2.05) is 32.0 Å². The van der Waals surface area contributed by atoms with E-state index in [-0.39, 0.29) is 23.8 Å². The lowest BCUT2D eigenvalue weighted by Gasteiger charge is -2.17. The Morgan fingerprint density at radius 2 is 1.90 bits per heavy atom. The highest BCUT2D eigenvalue weighted by atomic mass is 35.5. The summed E-state index contributed by atoms with van der Waals surface area (Å²) in [4.78, 5) is 15.7. The molecular weight excluding hydrogens is 430 g/mol. The van der Waals surface area contributed by atoms with Crippen LogP contribution in [0.25, 0.3) is 16.9 Å². The van der Waals surface area contributed by atoms with Crippen LogP contribution in [0.15, 0.2) is 45.4 Å². The summed E-state index contributed by atoms with van der Waals surface area (Å²) in [6, 6.07) is 10.3. The number of hydrogen-bond donors (Lipinski definition) is 0. The lowest BCUT2D eigenvalue weighted by Crippen LogP contribution is -2.22. The van der Waals surface area contributed by atoms with Crippen molar-refractivity contribution in [3.8, 4) is 16.9 Å². The molecule has 0 aliphatic carbocycles. The number of thiophene rings is 1. The Morgan fingerprint density at radius 1 is 1.21 bits per heavy atom. The molecule has 1 unspecified atom stereocenters. The van der Waals surface area contributed by atoms with Crippen LogP contribution in [-0.4, -0.2) is 42.9 Å². The van der Waals surface area contributed by atoms with Gasteiger partial charge in [-0.05, 0) is 63.3 Å². The molecule has 1 atom stereocenters. The SMILES string of the molecule is CC(c1cc2c(s1)S(=O)(=O)CCc1cc(=O)n(-c3ccc(Cl)cc3)nc1-2)N(C)C. The number of rotatable bonds is 3. The third-order valence-corrected chi connectivity index (χ3v) is 9.05. The molecule has 3 heterocycles. The molecule has 0 fully saturated rings. The van der Waals surface area contributed by atoms with Gasteiger partial charge in [0.2, 0.25) is 0 Å². The van der Waals surface area contributed by atoms with Crippen LogP contribution in [-0.2, 0) is 16.3 Å². The number of aryl methyl sites for hydroxylation is 1. The topological polar surface area (TPSA) is 72.3 Å². The van der Waals surface area contributed by atoms with E-state index in [4.69, 9.17) is 11.6 Å². The van der Waals surface area contributed by atoms with Crippen molar-refractivity contribution >= 4 is 32.8 Å². The maximum atomic E-state index is 12.9. The Bertz CT molecular complexity index is 1240. The summed E-state index contributed by atoms with van der Waals surface area (Å²) >= 11 is 7.24. The predicted molar refractivity (Wildman–Crippen MR) is 116 cm³/mol. The Morgan fingerprint density at radius 3 is 2.55 bits per heavy atom. The van der Waals surface area contributed by atoms with Crippen molar-refractivity contribution in [3.05, 3.63) is 62.2 Å². The molecule has 0 saturated carbocycles. The molecule has 0 bridgehead atoms.